The van der Waals surface area contributed by atoms with Crippen LogP contribution in [0.4, 0.5) is 13.2 Å². The van der Waals surface area contributed by atoms with E-state index in [1.165, 1.54) is 0 Å². The van der Waals surface area contributed by atoms with Gasteiger partial charge in [-0.15, -0.1) is 0 Å². The fourth-order valence-corrected chi connectivity index (χ4v) is 1.31. The molecule has 0 aromatic heterocycles. The molecule has 1 heterocycles. The average molecular weight is 331 g/mol. The van der Waals surface area contributed by atoms with Gasteiger partial charge in [-0.3, -0.25) is 4.55 Å². The number of morpholine rings is 1. The molecule has 0 saturated carbocycles. The lowest BCUT2D eigenvalue weighted by Gasteiger charge is -2.25. The zero-order valence-corrected chi connectivity index (χ0v) is 11.3. The first-order valence-electron chi connectivity index (χ1n) is 4.59. The molecule has 1 aliphatic heterocycles. The Labute approximate surface area is 107 Å². The molecule has 0 bridgehead atoms. The van der Waals surface area contributed by atoms with E-state index < -0.39 is 25.7 Å². The summed E-state index contributed by atoms with van der Waals surface area (Å²) in [5, 5.41) is 0.715. The Bertz CT molecular complexity index is 458. The Kier molecular flexibility index (Phi) is 6.64. The normalized spacial score (nSPS) is 18.6. The summed E-state index contributed by atoms with van der Waals surface area (Å²) in [6.07, 6.45) is 0.715. The molecule has 1 fully saturated rings. The molecular weight excluding hydrogens is 319 g/mol. The van der Waals surface area contributed by atoms with Crippen LogP contribution in [0.25, 0.3) is 0 Å². The Morgan fingerprint density at radius 3 is 1.84 bits per heavy atom. The topological polar surface area (TPSA) is 110 Å². The minimum absolute atomic E-state index is 0.00465. The molecule has 1 rings (SSSR count). The third-order valence-corrected chi connectivity index (χ3v) is 2.43. The number of hydrogen-bond acceptors (Lipinski definition) is 7. The van der Waals surface area contributed by atoms with Gasteiger partial charge in [0.05, 0.1) is 19.5 Å². The highest BCUT2D eigenvalue weighted by atomic mass is 32.2. The summed E-state index contributed by atoms with van der Waals surface area (Å²) < 4.78 is 90.9. The van der Waals surface area contributed by atoms with Crippen LogP contribution in [0.3, 0.4) is 0 Å². The first-order chi connectivity index (χ1) is 8.33. The van der Waals surface area contributed by atoms with E-state index in [2.05, 4.69) is 4.28 Å². The second-order valence-corrected chi connectivity index (χ2v) is 6.24. The quantitative estimate of drug-likeness (QED) is 0.538. The molecule has 19 heavy (non-hydrogen) atoms. The number of rotatable bonds is 2. The second-order valence-electron chi connectivity index (χ2n) is 3.25. The van der Waals surface area contributed by atoms with Gasteiger partial charge in [-0.1, -0.05) is 0 Å². The van der Waals surface area contributed by atoms with Crippen LogP contribution in [0.2, 0.25) is 0 Å². The molecular formula is C6H12F3NO7S2. The van der Waals surface area contributed by atoms with Crippen molar-refractivity contribution in [3.63, 3.8) is 0 Å². The van der Waals surface area contributed by atoms with Crippen LogP contribution in [0.1, 0.15) is 0 Å². The van der Waals surface area contributed by atoms with Crippen molar-refractivity contribution in [2.45, 2.75) is 5.51 Å². The lowest BCUT2D eigenvalue weighted by Crippen LogP contribution is -2.41. The van der Waals surface area contributed by atoms with Gasteiger partial charge in [-0.05, 0) is 0 Å². The standard InChI is InChI=1S/C5H8F3NO4S.CH4O3S/c6-5(7,8)14(10,11)13-9-1-3-12-4-2-9;1-5(2,3)4/h1-4H2;1H3,(H,2,3,4). The monoisotopic (exact) mass is 331 g/mol. The predicted octanol–water partition coefficient (Wildman–Crippen LogP) is -0.396. The van der Waals surface area contributed by atoms with E-state index in [0.717, 1.165) is 0 Å². The zero-order valence-electron chi connectivity index (χ0n) is 9.62. The van der Waals surface area contributed by atoms with Gasteiger partial charge < -0.3 is 4.74 Å². The van der Waals surface area contributed by atoms with E-state index in [0.29, 0.717) is 11.3 Å². The van der Waals surface area contributed by atoms with Crippen LogP contribution in [0, 0.1) is 0 Å². The summed E-state index contributed by atoms with van der Waals surface area (Å²) in [7, 11) is -9.19. The maximum Gasteiger partial charge on any atom is 0.524 e. The molecule has 1 N–H and O–H groups in total. The van der Waals surface area contributed by atoms with Crippen molar-refractivity contribution in [3.05, 3.63) is 0 Å². The third-order valence-electron chi connectivity index (χ3n) is 1.46. The van der Waals surface area contributed by atoms with Crippen molar-refractivity contribution in [1.82, 2.24) is 5.06 Å². The highest BCUT2D eigenvalue weighted by molar-refractivity contribution is 7.87. The number of nitrogens with zero attached hydrogens (tertiary/aromatic N) is 1. The molecule has 1 aliphatic rings. The highest BCUT2D eigenvalue weighted by Gasteiger charge is 2.49. The smallest absolute Gasteiger partial charge is 0.379 e. The highest BCUT2D eigenvalue weighted by Crippen LogP contribution is 2.25. The molecule has 1 saturated heterocycles. The van der Waals surface area contributed by atoms with Crippen LogP contribution in [-0.4, -0.2) is 64.5 Å². The Balaban J connectivity index is 0.000000555. The van der Waals surface area contributed by atoms with E-state index in [-0.39, 0.29) is 26.3 Å². The van der Waals surface area contributed by atoms with Crippen LogP contribution < -0.4 is 0 Å². The van der Waals surface area contributed by atoms with Crippen molar-refractivity contribution in [1.29, 1.82) is 0 Å². The maximum atomic E-state index is 11.8. The summed E-state index contributed by atoms with van der Waals surface area (Å²) in [5.41, 5.74) is -5.38. The molecule has 0 spiro atoms. The van der Waals surface area contributed by atoms with Gasteiger partial charge in [0.15, 0.2) is 0 Å². The molecule has 0 atom stereocenters. The van der Waals surface area contributed by atoms with Crippen LogP contribution in [0.15, 0.2) is 0 Å². The lowest BCUT2D eigenvalue weighted by molar-refractivity contribution is -0.135. The first kappa shape index (κ1) is 18.5. The van der Waals surface area contributed by atoms with Gasteiger partial charge in [-0.25, -0.2) is 0 Å². The predicted molar refractivity (Wildman–Crippen MR) is 55.9 cm³/mol. The number of halogens is 3. The van der Waals surface area contributed by atoms with Gasteiger partial charge >= 0.3 is 15.6 Å². The van der Waals surface area contributed by atoms with Gasteiger partial charge in [0.25, 0.3) is 10.1 Å². The summed E-state index contributed by atoms with van der Waals surface area (Å²) in [6, 6.07) is 0. The molecule has 0 amide bonds. The summed E-state index contributed by atoms with van der Waals surface area (Å²) in [4.78, 5) is 0. The maximum absolute atomic E-state index is 11.8. The fourth-order valence-electron chi connectivity index (χ4n) is 0.802. The number of alkyl halides is 3. The summed E-state index contributed by atoms with van der Waals surface area (Å²) in [6.45, 7) is 0.283. The van der Waals surface area contributed by atoms with Crippen molar-refractivity contribution in [2.24, 2.45) is 0 Å². The van der Waals surface area contributed by atoms with Crippen LogP contribution in [0.5, 0.6) is 0 Å². The van der Waals surface area contributed by atoms with Crippen LogP contribution >= 0.6 is 0 Å². The Hall–Kier alpha value is -0.470. The molecule has 0 aromatic rings. The molecule has 0 aromatic carbocycles. The molecule has 0 unspecified atom stereocenters. The van der Waals surface area contributed by atoms with Crippen molar-refractivity contribution in [3.8, 4) is 0 Å². The van der Waals surface area contributed by atoms with E-state index in [1.807, 2.05) is 0 Å². The van der Waals surface area contributed by atoms with Crippen molar-refractivity contribution in [2.75, 3.05) is 32.6 Å². The van der Waals surface area contributed by atoms with Gasteiger partial charge in [0.2, 0.25) is 0 Å². The van der Waals surface area contributed by atoms with Gasteiger partial charge in [0.1, 0.15) is 0 Å². The first-order valence-corrected chi connectivity index (χ1v) is 7.84. The van der Waals surface area contributed by atoms with Crippen molar-refractivity contribution >= 4 is 20.2 Å². The average Bonchev–Trinajstić information content (AvgIpc) is 2.13. The SMILES string of the molecule is CS(=O)(=O)O.O=S(=O)(ON1CCOCC1)C(F)(F)F. The third kappa shape index (κ3) is 9.12. The van der Waals surface area contributed by atoms with Gasteiger partial charge in [0, 0.05) is 13.1 Å². The molecule has 0 radical (unpaired) electrons. The molecule has 0 aliphatic carbocycles. The molecule has 116 valence electrons. The minimum atomic E-state index is -5.53. The van der Waals surface area contributed by atoms with E-state index in [4.69, 9.17) is 9.29 Å². The van der Waals surface area contributed by atoms with E-state index >= 15 is 0 Å². The second kappa shape index (κ2) is 6.81. The summed E-state index contributed by atoms with van der Waals surface area (Å²) in [5.74, 6) is 0. The lowest BCUT2D eigenvalue weighted by atomic mass is 10.5. The largest absolute Gasteiger partial charge is 0.524 e. The van der Waals surface area contributed by atoms with E-state index in [1.54, 1.807) is 0 Å². The van der Waals surface area contributed by atoms with Gasteiger partial charge in [-0.2, -0.15) is 39.4 Å². The zero-order chi connectivity index (χ0) is 15.3. The van der Waals surface area contributed by atoms with Crippen molar-refractivity contribution < 1.29 is 43.6 Å². The number of hydrogen-bond donors (Lipinski definition) is 1. The fraction of sp³-hybridized carbons (Fsp3) is 1.00. The van der Waals surface area contributed by atoms with Crippen LogP contribution in [-0.2, 0) is 29.3 Å². The molecule has 8 nitrogen and oxygen atoms in total. The minimum Gasteiger partial charge on any atom is -0.379 e. The Morgan fingerprint density at radius 2 is 1.53 bits per heavy atom. The Morgan fingerprint density at radius 1 is 1.16 bits per heavy atom. The van der Waals surface area contributed by atoms with E-state index in [9.17, 15) is 30.0 Å². The molecule has 13 heteroatoms. The summed E-state index contributed by atoms with van der Waals surface area (Å²) >= 11 is 0. The number of ether oxygens (including phenoxy) is 1. The number of hydroxylamine groups is 2.